The van der Waals surface area contributed by atoms with Gasteiger partial charge in [-0.1, -0.05) is 44.2 Å². The third-order valence-electron chi connectivity index (χ3n) is 6.06. The highest BCUT2D eigenvalue weighted by molar-refractivity contribution is 5.96. The van der Waals surface area contributed by atoms with Gasteiger partial charge in [0, 0.05) is 67.0 Å². The minimum atomic E-state index is -0.862. The Kier molecular flexibility index (Phi) is 6.58. The zero-order valence-corrected chi connectivity index (χ0v) is 18.5. The van der Waals surface area contributed by atoms with Gasteiger partial charge in [0.2, 0.25) is 5.91 Å². The van der Waals surface area contributed by atoms with Gasteiger partial charge in [-0.15, -0.1) is 0 Å². The van der Waals surface area contributed by atoms with E-state index >= 15 is 0 Å². The molecule has 1 unspecified atom stereocenters. The van der Waals surface area contributed by atoms with Crippen LogP contribution in [0.5, 0.6) is 0 Å². The lowest BCUT2D eigenvalue weighted by Crippen LogP contribution is -2.48. The fourth-order valence-corrected chi connectivity index (χ4v) is 4.24. The van der Waals surface area contributed by atoms with E-state index in [4.69, 9.17) is 0 Å². The van der Waals surface area contributed by atoms with Crippen molar-refractivity contribution >= 4 is 28.5 Å². The predicted octanol–water partition coefficient (Wildman–Crippen LogP) is 3.71. The van der Waals surface area contributed by atoms with E-state index in [2.05, 4.69) is 27.3 Å². The molecule has 32 heavy (non-hydrogen) atoms. The van der Waals surface area contributed by atoms with E-state index in [9.17, 15) is 14.7 Å². The van der Waals surface area contributed by atoms with E-state index in [1.807, 2.05) is 55.1 Å². The summed E-state index contributed by atoms with van der Waals surface area (Å²) in [5, 5.41) is 13.8. The summed E-state index contributed by atoms with van der Waals surface area (Å²) in [7, 11) is 0. The highest BCUT2D eigenvalue weighted by atomic mass is 16.4. The summed E-state index contributed by atoms with van der Waals surface area (Å²) in [6, 6.07) is 15.2. The van der Waals surface area contributed by atoms with Crippen LogP contribution in [0.3, 0.4) is 0 Å². The normalized spacial score (nSPS) is 16.3. The third-order valence-corrected chi connectivity index (χ3v) is 6.06. The summed E-state index contributed by atoms with van der Waals surface area (Å²) < 4.78 is 0. The molecule has 1 saturated heterocycles. The Morgan fingerprint density at radius 3 is 2.44 bits per heavy atom. The topological polar surface area (TPSA) is 88.7 Å². The number of nitrogens with one attached hydrogen (secondary N) is 2. The summed E-state index contributed by atoms with van der Waals surface area (Å²) in [5.41, 5.74) is 3.53. The van der Waals surface area contributed by atoms with Gasteiger partial charge in [-0.05, 0) is 23.8 Å². The van der Waals surface area contributed by atoms with Gasteiger partial charge in [-0.3, -0.25) is 19.4 Å². The van der Waals surface area contributed by atoms with Gasteiger partial charge in [-0.2, -0.15) is 0 Å². The molecule has 3 aromatic rings. The number of carboxylic acid groups (broad SMARTS) is 1. The van der Waals surface area contributed by atoms with Gasteiger partial charge in [0.25, 0.3) is 0 Å². The zero-order chi connectivity index (χ0) is 22.7. The minimum absolute atomic E-state index is 0.0641. The number of carbonyl (C=O) groups excluding carboxylic acids is 1. The fourth-order valence-electron chi connectivity index (χ4n) is 4.24. The maximum atomic E-state index is 12.3. The summed E-state index contributed by atoms with van der Waals surface area (Å²) in [4.78, 5) is 32.0. The second-order valence-corrected chi connectivity index (χ2v) is 8.69. The number of rotatable bonds is 7. The van der Waals surface area contributed by atoms with E-state index in [1.165, 1.54) is 5.56 Å². The Hall–Kier alpha value is -3.16. The molecule has 2 heterocycles. The standard InChI is InChI=1S/C25H30N4O3/c1-17(2)24(30)27-19-8-9-22-20(14-19)21(15-26-22)23(25(31)32)29-12-10-28(11-13-29)16-18-6-4-3-5-7-18/h3-9,14-15,17,23,26H,10-13,16H2,1-2H3,(H,27,30)(H,31,32). The monoisotopic (exact) mass is 434 g/mol. The molecule has 1 fully saturated rings. The second-order valence-electron chi connectivity index (χ2n) is 8.69. The molecule has 2 aromatic carbocycles. The molecule has 1 atom stereocenters. The smallest absolute Gasteiger partial charge is 0.325 e. The molecular formula is C25H30N4O3. The Bertz CT molecular complexity index is 1090. The molecule has 7 heteroatoms. The molecule has 0 saturated carbocycles. The van der Waals surface area contributed by atoms with Crippen LogP contribution in [0.25, 0.3) is 10.9 Å². The van der Waals surface area contributed by atoms with Crippen molar-refractivity contribution in [1.29, 1.82) is 0 Å². The maximum Gasteiger partial charge on any atom is 0.325 e. The van der Waals surface area contributed by atoms with E-state index < -0.39 is 12.0 Å². The first-order valence-electron chi connectivity index (χ1n) is 11.1. The number of hydrogen-bond acceptors (Lipinski definition) is 4. The minimum Gasteiger partial charge on any atom is -0.480 e. The van der Waals surface area contributed by atoms with E-state index in [1.54, 1.807) is 6.20 Å². The summed E-state index contributed by atoms with van der Waals surface area (Å²) in [6.07, 6.45) is 1.79. The summed E-state index contributed by atoms with van der Waals surface area (Å²) in [6.45, 7) is 7.55. The quantitative estimate of drug-likeness (QED) is 0.528. The molecule has 0 bridgehead atoms. The van der Waals surface area contributed by atoms with Gasteiger partial charge < -0.3 is 15.4 Å². The number of piperazine rings is 1. The number of carbonyl (C=O) groups is 2. The average Bonchev–Trinajstić information content (AvgIpc) is 3.18. The molecule has 1 aromatic heterocycles. The Balaban J connectivity index is 1.51. The maximum absolute atomic E-state index is 12.3. The summed E-state index contributed by atoms with van der Waals surface area (Å²) in [5.74, 6) is -1.06. The van der Waals surface area contributed by atoms with Crippen LogP contribution in [0.1, 0.15) is 31.0 Å². The van der Waals surface area contributed by atoms with E-state index in [0.717, 1.165) is 36.1 Å². The Morgan fingerprint density at radius 2 is 1.78 bits per heavy atom. The van der Waals surface area contributed by atoms with Crippen molar-refractivity contribution in [2.75, 3.05) is 31.5 Å². The van der Waals surface area contributed by atoms with Crippen LogP contribution in [-0.2, 0) is 16.1 Å². The van der Waals surface area contributed by atoms with Crippen molar-refractivity contribution in [3.63, 3.8) is 0 Å². The first-order valence-corrected chi connectivity index (χ1v) is 11.1. The van der Waals surface area contributed by atoms with Crippen LogP contribution in [0.15, 0.2) is 54.7 Å². The number of aromatic nitrogens is 1. The van der Waals surface area contributed by atoms with Crippen LogP contribution < -0.4 is 5.32 Å². The number of nitrogens with zero attached hydrogens (tertiary/aromatic N) is 2. The number of amides is 1. The molecule has 0 spiro atoms. The highest BCUT2D eigenvalue weighted by Gasteiger charge is 2.32. The van der Waals surface area contributed by atoms with Crippen molar-refractivity contribution in [2.45, 2.75) is 26.4 Å². The number of aliphatic carboxylic acids is 1. The predicted molar refractivity (Wildman–Crippen MR) is 125 cm³/mol. The third kappa shape index (κ3) is 4.84. The first-order chi connectivity index (χ1) is 15.4. The molecule has 0 radical (unpaired) electrons. The molecule has 168 valence electrons. The van der Waals surface area contributed by atoms with Gasteiger partial charge in [0.05, 0.1) is 0 Å². The molecule has 4 rings (SSSR count). The molecule has 1 aliphatic heterocycles. The summed E-state index contributed by atoms with van der Waals surface area (Å²) >= 11 is 0. The number of H-pyrrole nitrogens is 1. The largest absolute Gasteiger partial charge is 0.480 e. The molecular weight excluding hydrogens is 404 g/mol. The number of anilines is 1. The lowest BCUT2D eigenvalue weighted by atomic mass is 10.0. The van der Waals surface area contributed by atoms with Crippen molar-refractivity contribution in [3.05, 3.63) is 65.9 Å². The first kappa shape index (κ1) is 22.0. The Morgan fingerprint density at radius 1 is 1.06 bits per heavy atom. The van der Waals surface area contributed by atoms with Gasteiger partial charge in [0.15, 0.2) is 0 Å². The molecule has 0 aliphatic carbocycles. The van der Waals surface area contributed by atoms with Gasteiger partial charge in [-0.25, -0.2) is 0 Å². The average molecular weight is 435 g/mol. The molecule has 1 amide bonds. The van der Waals surface area contributed by atoms with Crippen LogP contribution in [0, 0.1) is 5.92 Å². The highest BCUT2D eigenvalue weighted by Crippen LogP contribution is 2.31. The zero-order valence-electron chi connectivity index (χ0n) is 18.5. The number of aromatic amines is 1. The number of fused-ring (bicyclic) bond motifs is 1. The molecule has 3 N–H and O–H groups in total. The molecule has 7 nitrogen and oxygen atoms in total. The van der Waals surface area contributed by atoms with E-state index in [-0.39, 0.29) is 11.8 Å². The van der Waals surface area contributed by atoms with Crippen molar-refractivity contribution in [3.8, 4) is 0 Å². The van der Waals surface area contributed by atoms with Crippen molar-refractivity contribution in [1.82, 2.24) is 14.8 Å². The van der Waals surface area contributed by atoms with Crippen LogP contribution in [0.4, 0.5) is 5.69 Å². The Labute approximate surface area is 188 Å². The second kappa shape index (κ2) is 9.54. The van der Waals surface area contributed by atoms with Crippen LogP contribution in [0.2, 0.25) is 0 Å². The SMILES string of the molecule is CC(C)C(=O)Nc1ccc2[nH]cc(C(C(=O)O)N3CCN(Cc4ccccc4)CC3)c2c1. The van der Waals surface area contributed by atoms with Crippen molar-refractivity contribution in [2.24, 2.45) is 5.92 Å². The fraction of sp³-hybridized carbons (Fsp3) is 0.360. The molecule has 1 aliphatic rings. The van der Waals surface area contributed by atoms with Gasteiger partial charge in [0.1, 0.15) is 6.04 Å². The number of benzene rings is 2. The number of carboxylic acids is 1. The number of hydrogen-bond donors (Lipinski definition) is 3. The lowest BCUT2D eigenvalue weighted by molar-refractivity contribution is -0.144. The lowest BCUT2D eigenvalue weighted by Gasteiger charge is -2.37. The van der Waals surface area contributed by atoms with E-state index in [0.29, 0.717) is 18.8 Å². The van der Waals surface area contributed by atoms with Gasteiger partial charge >= 0.3 is 5.97 Å². The van der Waals surface area contributed by atoms with Crippen molar-refractivity contribution < 1.29 is 14.7 Å². The van der Waals surface area contributed by atoms with Crippen LogP contribution in [-0.4, -0.2) is 57.9 Å². The van der Waals surface area contributed by atoms with Crippen LogP contribution >= 0.6 is 0 Å².